The highest BCUT2D eigenvalue weighted by molar-refractivity contribution is 5.82. The van der Waals surface area contributed by atoms with E-state index < -0.39 is 0 Å². The minimum Gasteiger partial charge on any atom is -0.0651 e. The molecule has 0 aliphatic rings. The number of fused-ring (bicyclic) bond motifs is 1. The first-order valence-electron chi connectivity index (χ1n) is 6.19. The second kappa shape index (κ2) is 5.16. The van der Waals surface area contributed by atoms with Crippen LogP contribution in [0, 0.1) is 12.0 Å². The Morgan fingerprint density at radius 2 is 1.94 bits per heavy atom. The van der Waals surface area contributed by atoms with Gasteiger partial charge in [-0.1, -0.05) is 56.7 Å². The van der Waals surface area contributed by atoms with Crippen molar-refractivity contribution in [2.75, 3.05) is 0 Å². The number of aryl methyl sites for hydroxylation is 1. The van der Waals surface area contributed by atoms with Crippen LogP contribution in [0.15, 0.2) is 36.4 Å². The highest BCUT2D eigenvalue weighted by atomic mass is 14.1. The van der Waals surface area contributed by atoms with Crippen molar-refractivity contribution in [3.63, 3.8) is 0 Å². The van der Waals surface area contributed by atoms with Crippen molar-refractivity contribution in [2.45, 2.75) is 33.1 Å². The molecule has 1 atom stereocenters. The van der Waals surface area contributed by atoms with Crippen molar-refractivity contribution < 1.29 is 0 Å². The van der Waals surface area contributed by atoms with E-state index in [1.54, 1.807) is 0 Å². The maximum absolute atomic E-state index is 3.51. The van der Waals surface area contributed by atoms with Crippen LogP contribution in [-0.4, -0.2) is 0 Å². The van der Waals surface area contributed by atoms with Gasteiger partial charge in [-0.25, -0.2) is 0 Å². The lowest BCUT2D eigenvalue weighted by atomic mass is 9.97. The molecular weight excluding hydrogens is 192 g/mol. The highest BCUT2D eigenvalue weighted by Crippen LogP contribution is 2.17. The van der Waals surface area contributed by atoms with Crippen LogP contribution in [0.25, 0.3) is 10.8 Å². The number of rotatable bonds is 4. The van der Waals surface area contributed by atoms with Gasteiger partial charge in [-0.05, 0) is 41.2 Å². The Morgan fingerprint density at radius 1 is 1.12 bits per heavy atom. The first-order chi connectivity index (χ1) is 7.79. The highest BCUT2D eigenvalue weighted by Gasteiger charge is 2.01. The average molecular weight is 211 g/mol. The van der Waals surface area contributed by atoms with E-state index in [0.717, 1.165) is 12.3 Å². The summed E-state index contributed by atoms with van der Waals surface area (Å²) in [6.45, 7) is 4.58. The monoisotopic (exact) mass is 211 g/mol. The molecule has 0 aliphatic carbocycles. The molecule has 0 aliphatic heterocycles. The Morgan fingerprint density at radius 3 is 2.75 bits per heavy atom. The molecule has 16 heavy (non-hydrogen) atoms. The quantitative estimate of drug-likeness (QED) is 0.692. The van der Waals surface area contributed by atoms with E-state index in [2.05, 4.69) is 56.3 Å². The van der Waals surface area contributed by atoms with Crippen LogP contribution in [0.3, 0.4) is 0 Å². The van der Waals surface area contributed by atoms with Gasteiger partial charge in [0.15, 0.2) is 0 Å². The Labute approximate surface area is 98.3 Å². The third-order valence-electron chi connectivity index (χ3n) is 3.32. The molecule has 0 nitrogen and oxygen atoms in total. The van der Waals surface area contributed by atoms with E-state index in [-0.39, 0.29) is 0 Å². The lowest BCUT2D eigenvalue weighted by Crippen LogP contribution is -1.95. The van der Waals surface area contributed by atoms with Gasteiger partial charge in [-0.15, -0.1) is 0 Å². The van der Waals surface area contributed by atoms with E-state index in [1.165, 1.54) is 29.2 Å². The molecule has 0 heteroatoms. The third-order valence-corrected chi connectivity index (χ3v) is 3.32. The summed E-state index contributed by atoms with van der Waals surface area (Å²) in [5, 5.41) is 2.53. The average Bonchev–Trinajstić information content (AvgIpc) is 2.35. The Bertz CT molecular complexity index is 456. The van der Waals surface area contributed by atoms with Crippen LogP contribution in [0.2, 0.25) is 0 Å². The Kier molecular flexibility index (Phi) is 3.61. The van der Waals surface area contributed by atoms with Crippen LogP contribution in [0.4, 0.5) is 0 Å². The third kappa shape index (κ3) is 2.63. The summed E-state index contributed by atoms with van der Waals surface area (Å²) in [7, 11) is 0. The summed E-state index contributed by atoms with van der Waals surface area (Å²) in [5.41, 5.74) is 1.35. The normalized spacial score (nSPS) is 12.9. The molecule has 0 amide bonds. The fourth-order valence-corrected chi connectivity index (χ4v) is 1.91. The molecule has 1 radical (unpaired) electrons. The van der Waals surface area contributed by atoms with Gasteiger partial charge >= 0.3 is 0 Å². The first-order valence-corrected chi connectivity index (χ1v) is 6.19. The summed E-state index contributed by atoms with van der Waals surface area (Å²) in [6.07, 6.45) is 3.69. The molecule has 83 valence electrons. The predicted octanol–water partition coefficient (Wildman–Crippen LogP) is 4.62. The molecule has 0 spiro atoms. The summed E-state index contributed by atoms with van der Waals surface area (Å²) in [5.74, 6) is 0.819. The Balaban J connectivity index is 2.13. The molecule has 0 saturated heterocycles. The van der Waals surface area contributed by atoms with Crippen LogP contribution < -0.4 is 0 Å². The van der Waals surface area contributed by atoms with E-state index in [1.807, 2.05) is 0 Å². The summed E-state index contributed by atoms with van der Waals surface area (Å²) in [4.78, 5) is 0. The minimum absolute atomic E-state index is 0.819. The van der Waals surface area contributed by atoms with Gasteiger partial charge < -0.3 is 0 Å². The Hall–Kier alpha value is -1.30. The smallest absolute Gasteiger partial charge is 0.00643 e. The molecule has 0 heterocycles. The van der Waals surface area contributed by atoms with Gasteiger partial charge in [-0.2, -0.15) is 0 Å². The predicted molar refractivity (Wildman–Crippen MR) is 70.6 cm³/mol. The van der Waals surface area contributed by atoms with E-state index >= 15 is 0 Å². The fourth-order valence-electron chi connectivity index (χ4n) is 1.91. The number of hydrogen-bond acceptors (Lipinski definition) is 0. The molecule has 1 unspecified atom stereocenters. The molecule has 2 aromatic rings. The second-order valence-electron chi connectivity index (χ2n) is 4.62. The second-order valence-corrected chi connectivity index (χ2v) is 4.62. The van der Waals surface area contributed by atoms with E-state index in [0.29, 0.717) is 0 Å². The molecule has 0 bridgehead atoms. The maximum atomic E-state index is 3.51. The zero-order valence-corrected chi connectivity index (χ0v) is 10.2. The largest absolute Gasteiger partial charge is 0.0651 e. The van der Waals surface area contributed by atoms with Crippen LogP contribution >= 0.6 is 0 Å². The van der Waals surface area contributed by atoms with Crippen molar-refractivity contribution >= 4 is 10.8 Å². The van der Waals surface area contributed by atoms with Crippen molar-refractivity contribution in [2.24, 2.45) is 5.92 Å². The first kappa shape index (κ1) is 11.2. The molecular formula is C16H19. The summed E-state index contributed by atoms with van der Waals surface area (Å²) >= 11 is 0. The van der Waals surface area contributed by atoms with Crippen LogP contribution in [0.1, 0.15) is 32.3 Å². The van der Waals surface area contributed by atoms with Gasteiger partial charge in [0, 0.05) is 0 Å². The standard InChI is InChI=1S/C16H19/c1-3-13(2)8-9-14-10-11-15-6-4-5-7-16(15)12-14/h4-7,10-11,13H,3,8-9H2,1-2H3. The minimum atomic E-state index is 0.819. The van der Waals surface area contributed by atoms with Crippen LogP contribution in [-0.2, 0) is 6.42 Å². The molecule has 2 rings (SSSR count). The van der Waals surface area contributed by atoms with Crippen molar-refractivity contribution in [3.05, 3.63) is 48.0 Å². The lowest BCUT2D eigenvalue weighted by Gasteiger charge is -2.08. The lowest BCUT2D eigenvalue weighted by molar-refractivity contribution is 0.516. The summed E-state index contributed by atoms with van der Waals surface area (Å²) in [6, 6.07) is 16.4. The van der Waals surface area contributed by atoms with E-state index in [9.17, 15) is 0 Å². The number of benzene rings is 2. The topological polar surface area (TPSA) is 0 Å². The van der Waals surface area contributed by atoms with Gasteiger partial charge in [0.05, 0.1) is 0 Å². The molecule has 2 aromatic carbocycles. The molecule has 0 aromatic heterocycles. The van der Waals surface area contributed by atoms with Crippen LogP contribution in [0.5, 0.6) is 0 Å². The number of hydrogen-bond donors (Lipinski definition) is 0. The van der Waals surface area contributed by atoms with Crippen molar-refractivity contribution in [3.8, 4) is 0 Å². The van der Waals surface area contributed by atoms with Gasteiger partial charge in [0.25, 0.3) is 0 Å². The van der Waals surface area contributed by atoms with Crippen molar-refractivity contribution in [1.82, 2.24) is 0 Å². The maximum Gasteiger partial charge on any atom is -0.00643 e. The zero-order valence-electron chi connectivity index (χ0n) is 10.2. The zero-order chi connectivity index (χ0) is 11.4. The van der Waals surface area contributed by atoms with Gasteiger partial charge in [0.2, 0.25) is 0 Å². The van der Waals surface area contributed by atoms with Gasteiger partial charge in [0.1, 0.15) is 0 Å². The SMILES string of the molecule is CCC(C)CCc1[c]c2ccccc2cc1. The van der Waals surface area contributed by atoms with E-state index in [4.69, 9.17) is 0 Å². The molecule has 0 saturated carbocycles. The molecule has 0 fully saturated rings. The van der Waals surface area contributed by atoms with Gasteiger partial charge in [-0.3, -0.25) is 0 Å². The molecule has 0 N–H and O–H groups in total. The summed E-state index contributed by atoms with van der Waals surface area (Å²) < 4.78 is 0. The fraction of sp³-hybridized carbons (Fsp3) is 0.375. The van der Waals surface area contributed by atoms with Crippen molar-refractivity contribution in [1.29, 1.82) is 0 Å².